The molecule has 0 atom stereocenters. The molecule has 2 aliphatic rings. The van der Waals surface area contributed by atoms with Crippen molar-refractivity contribution < 1.29 is 8.42 Å². The van der Waals surface area contributed by atoms with Gasteiger partial charge in [-0.3, -0.25) is 4.31 Å². The highest BCUT2D eigenvalue weighted by molar-refractivity contribution is 7.92. The fraction of sp³-hybridized carbons (Fsp3) is 0.600. The molecule has 1 aromatic rings. The number of sulfonamides is 1. The molecule has 2 heterocycles. The van der Waals surface area contributed by atoms with Gasteiger partial charge in [-0.15, -0.1) is 0 Å². The van der Waals surface area contributed by atoms with E-state index in [0.29, 0.717) is 6.54 Å². The molecule has 3 rings (SSSR count). The standard InChI is InChI=1S/C13H18N2O2S.C2H6/c1-18(16,17)15-10-13(6-8-14-9-7-13)11-4-2-3-5-12(11)15;1-2/h2-5,14H,6-10H2,1H3;1-2H3. The van der Waals surface area contributed by atoms with Crippen LogP contribution in [0.4, 0.5) is 5.69 Å². The van der Waals surface area contributed by atoms with Crippen molar-refractivity contribution in [2.45, 2.75) is 32.1 Å². The van der Waals surface area contributed by atoms with Crippen molar-refractivity contribution in [3.63, 3.8) is 0 Å². The van der Waals surface area contributed by atoms with Gasteiger partial charge >= 0.3 is 0 Å². The van der Waals surface area contributed by atoms with Gasteiger partial charge in [0.05, 0.1) is 11.9 Å². The summed E-state index contributed by atoms with van der Waals surface area (Å²) in [7, 11) is -3.18. The third kappa shape index (κ3) is 2.56. The zero-order valence-corrected chi connectivity index (χ0v) is 13.3. The van der Waals surface area contributed by atoms with E-state index in [1.165, 1.54) is 11.8 Å². The van der Waals surface area contributed by atoms with Gasteiger partial charge in [-0.25, -0.2) is 8.42 Å². The summed E-state index contributed by atoms with van der Waals surface area (Å²) in [6.45, 7) is 6.53. The summed E-state index contributed by atoms with van der Waals surface area (Å²) >= 11 is 0. The van der Waals surface area contributed by atoms with Crippen molar-refractivity contribution in [3.8, 4) is 0 Å². The summed E-state index contributed by atoms with van der Waals surface area (Å²) in [6.07, 6.45) is 3.32. The molecule has 5 heteroatoms. The molecule has 1 spiro atoms. The number of piperidine rings is 1. The third-order valence-corrected chi connectivity index (χ3v) is 5.28. The Hall–Kier alpha value is -1.07. The number of nitrogens with zero attached hydrogens (tertiary/aromatic N) is 1. The van der Waals surface area contributed by atoms with Crippen LogP contribution in [0.3, 0.4) is 0 Å². The number of hydrogen-bond donors (Lipinski definition) is 1. The second-order valence-corrected chi connectivity index (χ2v) is 7.22. The molecular weight excluding hydrogens is 272 g/mol. The molecule has 1 N–H and O–H groups in total. The van der Waals surface area contributed by atoms with E-state index in [4.69, 9.17) is 0 Å². The van der Waals surface area contributed by atoms with E-state index in [1.807, 2.05) is 32.0 Å². The quantitative estimate of drug-likeness (QED) is 0.863. The van der Waals surface area contributed by atoms with Gasteiger partial charge in [0.1, 0.15) is 0 Å². The average molecular weight is 296 g/mol. The maximum atomic E-state index is 11.9. The Morgan fingerprint density at radius 1 is 1.15 bits per heavy atom. The molecule has 1 aromatic carbocycles. The SMILES string of the molecule is CC.CS(=O)(=O)N1CC2(CCNCC2)c2ccccc21. The Bertz CT molecular complexity index is 563. The van der Waals surface area contributed by atoms with E-state index in [2.05, 4.69) is 11.4 Å². The van der Waals surface area contributed by atoms with Gasteiger partial charge < -0.3 is 5.32 Å². The Balaban J connectivity index is 0.000000704. The summed E-state index contributed by atoms with van der Waals surface area (Å²) in [6, 6.07) is 7.94. The van der Waals surface area contributed by atoms with Crippen LogP contribution in [0.25, 0.3) is 0 Å². The van der Waals surface area contributed by atoms with E-state index in [-0.39, 0.29) is 5.41 Å². The lowest BCUT2D eigenvalue weighted by Crippen LogP contribution is -2.44. The fourth-order valence-electron chi connectivity index (χ4n) is 3.21. The molecule has 0 bridgehead atoms. The molecule has 2 aliphatic heterocycles. The Morgan fingerprint density at radius 2 is 1.75 bits per heavy atom. The van der Waals surface area contributed by atoms with Gasteiger partial charge in [0.15, 0.2) is 0 Å². The van der Waals surface area contributed by atoms with E-state index in [1.54, 1.807) is 4.31 Å². The first-order valence-corrected chi connectivity index (χ1v) is 9.16. The molecule has 20 heavy (non-hydrogen) atoms. The topological polar surface area (TPSA) is 49.4 Å². The molecule has 1 saturated heterocycles. The molecule has 112 valence electrons. The van der Waals surface area contributed by atoms with Crippen molar-refractivity contribution in [1.29, 1.82) is 0 Å². The fourth-order valence-corrected chi connectivity index (χ4v) is 4.21. The first-order valence-electron chi connectivity index (χ1n) is 7.31. The number of para-hydroxylation sites is 1. The van der Waals surface area contributed by atoms with Crippen LogP contribution in [0, 0.1) is 0 Å². The molecule has 0 radical (unpaired) electrons. The van der Waals surface area contributed by atoms with E-state index < -0.39 is 10.0 Å². The predicted molar refractivity (Wildman–Crippen MR) is 83.8 cm³/mol. The molecule has 4 nitrogen and oxygen atoms in total. The molecule has 1 fully saturated rings. The van der Waals surface area contributed by atoms with Crippen molar-refractivity contribution in [2.75, 3.05) is 30.2 Å². The van der Waals surface area contributed by atoms with E-state index in [0.717, 1.165) is 31.6 Å². The maximum Gasteiger partial charge on any atom is 0.232 e. The van der Waals surface area contributed by atoms with Crippen LogP contribution >= 0.6 is 0 Å². The molecule has 0 saturated carbocycles. The number of hydrogen-bond acceptors (Lipinski definition) is 3. The van der Waals surface area contributed by atoms with Crippen LogP contribution in [0.15, 0.2) is 24.3 Å². The molecule has 0 unspecified atom stereocenters. The minimum Gasteiger partial charge on any atom is -0.317 e. The Kier molecular flexibility index (Phi) is 4.39. The number of benzene rings is 1. The van der Waals surface area contributed by atoms with Gasteiger partial charge in [0.2, 0.25) is 10.0 Å². The average Bonchev–Trinajstić information content (AvgIpc) is 2.77. The molecular formula is C15H24N2O2S. The minimum atomic E-state index is -3.18. The summed E-state index contributed by atoms with van der Waals surface area (Å²) in [5.74, 6) is 0. The smallest absolute Gasteiger partial charge is 0.232 e. The largest absolute Gasteiger partial charge is 0.317 e. The van der Waals surface area contributed by atoms with Crippen LogP contribution in [0.5, 0.6) is 0 Å². The summed E-state index contributed by atoms with van der Waals surface area (Å²) < 4.78 is 25.4. The molecule has 0 aliphatic carbocycles. The first-order chi connectivity index (χ1) is 9.53. The predicted octanol–water partition coefficient (Wildman–Crippen LogP) is 2.11. The van der Waals surface area contributed by atoms with Crippen LogP contribution in [0.1, 0.15) is 32.3 Å². The lowest BCUT2D eigenvalue weighted by Gasteiger charge is -2.34. The van der Waals surface area contributed by atoms with Crippen molar-refractivity contribution in [1.82, 2.24) is 5.32 Å². The van der Waals surface area contributed by atoms with Crippen LogP contribution in [-0.2, 0) is 15.4 Å². The van der Waals surface area contributed by atoms with Crippen LogP contribution in [0.2, 0.25) is 0 Å². The van der Waals surface area contributed by atoms with Gasteiger partial charge in [-0.05, 0) is 37.6 Å². The number of anilines is 1. The number of rotatable bonds is 1. The lowest BCUT2D eigenvalue weighted by atomic mass is 9.75. The summed E-state index contributed by atoms with van der Waals surface area (Å²) in [5, 5.41) is 3.35. The van der Waals surface area contributed by atoms with E-state index >= 15 is 0 Å². The Labute approximate surface area is 122 Å². The van der Waals surface area contributed by atoms with Gasteiger partial charge in [-0.2, -0.15) is 0 Å². The maximum absolute atomic E-state index is 11.9. The van der Waals surface area contributed by atoms with Gasteiger partial charge in [0, 0.05) is 12.0 Å². The van der Waals surface area contributed by atoms with Crippen LogP contribution in [-0.4, -0.2) is 34.3 Å². The molecule has 0 amide bonds. The highest BCUT2D eigenvalue weighted by atomic mass is 32.2. The highest BCUT2D eigenvalue weighted by Gasteiger charge is 2.45. The van der Waals surface area contributed by atoms with Crippen molar-refractivity contribution >= 4 is 15.7 Å². The summed E-state index contributed by atoms with van der Waals surface area (Å²) in [4.78, 5) is 0. The molecule has 0 aromatic heterocycles. The van der Waals surface area contributed by atoms with E-state index in [9.17, 15) is 8.42 Å². The summed E-state index contributed by atoms with van der Waals surface area (Å²) in [5.41, 5.74) is 2.10. The van der Waals surface area contributed by atoms with Crippen molar-refractivity contribution in [2.24, 2.45) is 0 Å². The number of fused-ring (bicyclic) bond motifs is 2. The zero-order chi connectivity index (χ0) is 14.8. The Morgan fingerprint density at radius 3 is 2.35 bits per heavy atom. The third-order valence-electron chi connectivity index (χ3n) is 4.15. The second kappa shape index (κ2) is 5.74. The second-order valence-electron chi connectivity index (χ2n) is 5.32. The van der Waals surface area contributed by atoms with Gasteiger partial charge in [-0.1, -0.05) is 32.0 Å². The van der Waals surface area contributed by atoms with Gasteiger partial charge in [0.25, 0.3) is 0 Å². The lowest BCUT2D eigenvalue weighted by molar-refractivity contribution is 0.330. The highest BCUT2D eigenvalue weighted by Crippen LogP contribution is 2.46. The number of nitrogens with one attached hydrogen (secondary N) is 1. The minimum absolute atomic E-state index is 0.0188. The van der Waals surface area contributed by atoms with Crippen molar-refractivity contribution in [3.05, 3.63) is 29.8 Å². The first kappa shape index (κ1) is 15.3. The normalized spacial score (nSPS) is 20.2. The van der Waals surface area contributed by atoms with Crippen LogP contribution < -0.4 is 9.62 Å². The monoisotopic (exact) mass is 296 g/mol. The zero-order valence-electron chi connectivity index (χ0n) is 12.5.